The maximum absolute atomic E-state index is 13.4. The van der Waals surface area contributed by atoms with Gasteiger partial charge in [0.2, 0.25) is 0 Å². The number of carbonyl (C=O) groups excluding carboxylic acids is 3. The summed E-state index contributed by atoms with van der Waals surface area (Å²) in [5, 5.41) is 0. The molecule has 1 saturated heterocycles. The van der Waals surface area contributed by atoms with Crippen LogP contribution >= 0.6 is 0 Å². The first-order valence-corrected chi connectivity index (χ1v) is 12.4. The molecule has 0 aromatic heterocycles. The van der Waals surface area contributed by atoms with Crippen LogP contribution < -0.4 is 0 Å². The highest BCUT2D eigenvalue weighted by Crippen LogP contribution is 2.83. The summed E-state index contributed by atoms with van der Waals surface area (Å²) in [6.07, 6.45) is 3.62. The van der Waals surface area contributed by atoms with Crippen LogP contribution in [0.3, 0.4) is 0 Å². The van der Waals surface area contributed by atoms with Crippen LogP contribution in [-0.4, -0.2) is 54.0 Å². The van der Waals surface area contributed by atoms with Gasteiger partial charge in [0.15, 0.2) is 0 Å². The van der Waals surface area contributed by atoms with Gasteiger partial charge in [-0.25, -0.2) is 0 Å². The van der Waals surface area contributed by atoms with Crippen LogP contribution in [0.15, 0.2) is 12.2 Å². The minimum absolute atomic E-state index is 0.0643. The molecule has 0 aromatic carbocycles. The Balaban J connectivity index is 1.59. The number of likely N-dealkylation sites (tertiary alicyclic amines) is 1. The third-order valence-corrected chi connectivity index (χ3v) is 10.9. The number of hydrogen-bond donors (Lipinski definition) is 0. The molecule has 6 aliphatic rings. The molecule has 174 valence electrons. The van der Waals surface area contributed by atoms with Gasteiger partial charge >= 0.3 is 11.9 Å². The second-order valence-corrected chi connectivity index (χ2v) is 11.8. The zero-order valence-corrected chi connectivity index (χ0v) is 19.7. The fourth-order valence-corrected chi connectivity index (χ4v) is 10.4. The van der Waals surface area contributed by atoms with Crippen molar-refractivity contribution >= 4 is 17.7 Å². The van der Waals surface area contributed by atoms with Crippen molar-refractivity contribution in [3.8, 4) is 0 Å². The van der Waals surface area contributed by atoms with E-state index in [0.29, 0.717) is 18.3 Å². The second-order valence-electron chi connectivity index (χ2n) is 11.8. The van der Waals surface area contributed by atoms with Gasteiger partial charge in [-0.2, -0.15) is 0 Å². The van der Waals surface area contributed by atoms with Gasteiger partial charge in [0.05, 0.1) is 0 Å². The highest BCUT2D eigenvalue weighted by molar-refractivity contribution is 5.87. The average Bonchev–Trinajstić information content (AvgIpc) is 3.24. The molecule has 0 amide bonds. The highest BCUT2D eigenvalue weighted by Gasteiger charge is 2.86. The van der Waals surface area contributed by atoms with Crippen LogP contribution in [0.1, 0.15) is 59.8 Å². The van der Waals surface area contributed by atoms with E-state index in [-0.39, 0.29) is 57.9 Å². The number of Topliss-reactive ketones (excluding diaryl/α,β-unsaturated/α-hetero) is 1. The summed E-state index contributed by atoms with van der Waals surface area (Å²) in [6.45, 7) is 13.9. The average molecular weight is 442 g/mol. The van der Waals surface area contributed by atoms with Crippen LogP contribution in [0.25, 0.3) is 0 Å². The molecular weight excluding hydrogens is 406 g/mol. The predicted octanol–water partition coefficient (Wildman–Crippen LogP) is 3.14. The predicted molar refractivity (Wildman–Crippen MR) is 116 cm³/mol. The molecular formula is C26H35NO5. The molecule has 5 aliphatic carbocycles. The fourth-order valence-electron chi connectivity index (χ4n) is 10.4. The summed E-state index contributed by atoms with van der Waals surface area (Å²) >= 11 is 0. The number of fused-ring (bicyclic) bond motifs is 1. The number of carbonyl (C=O) groups is 3. The minimum Gasteiger partial charge on any atom is -0.462 e. The Kier molecular flexibility index (Phi) is 4.08. The Hall–Kier alpha value is -1.69. The topological polar surface area (TPSA) is 72.9 Å². The van der Waals surface area contributed by atoms with Crippen molar-refractivity contribution in [1.82, 2.24) is 4.90 Å². The van der Waals surface area contributed by atoms with E-state index in [0.717, 1.165) is 44.3 Å². The summed E-state index contributed by atoms with van der Waals surface area (Å²) < 4.78 is 12.2. The Morgan fingerprint density at radius 2 is 1.91 bits per heavy atom. The van der Waals surface area contributed by atoms with Gasteiger partial charge in [0, 0.05) is 49.6 Å². The summed E-state index contributed by atoms with van der Waals surface area (Å²) in [7, 11) is 0. The van der Waals surface area contributed by atoms with E-state index in [9.17, 15) is 14.4 Å². The monoisotopic (exact) mass is 441 g/mol. The first kappa shape index (κ1) is 20.9. The van der Waals surface area contributed by atoms with Gasteiger partial charge < -0.3 is 9.47 Å². The van der Waals surface area contributed by atoms with Gasteiger partial charge in [0.1, 0.15) is 18.0 Å². The number of ketones is 1. The molecule has 5 saturated carbocycles. The van der Waals surface area contributed by atoms with Gasteiger partial charge in [-0.15, -0.1) is 0 Å². The van der Waals surface area contributed by atoms with Crippen LogP contribution in [0.2, 0.25) is 0 Å². The van der Waals surface area contributed by atoms with Crippen molar-refractivity contribution in [2.24, 2.45) is 39.9 Å². The van der Waals surface area contributed by atoms with Crippen molar-refractivity contribution in [1.29, 1.82) is 0 Å². The second kappa shape index (κ2) is 6.25. The van der Waals surface area contributed by atoms with Crippen LogP contribution in [0.4, 0.5) is 0 Å². The molecule has 6 rings (SSSR count). The molecule has 0 radical (unpaired) electrons. The maximum Gasteiger partial charge on any atom is 0.303 e. The molecule has 7 bridgehead atoms. The largest absolute Gasteiger partial charge is 0.462 e. The Morgan fingerprint density at radius 3 is 2.56 bits per heavy atom. The number of nitrogens with zero attached hydrogens (tertiary/aromatic N) is 1. The normalized spacial score (nSPS) is 52.7. The van der Waals surface area contributed by atoms with E-state index >= 15 is 0 Å². The van der Waals surface area contributed by atoms with E-state index in [4.69, 9.17) is 9.47 Å². The van der Waals surface area contributed by atoms with E-state index in [1.165, 1.54) is 13.8 Å². The molecule has 6 heteroatoms. The lowest BCUT2D eigenvalue weighted by molar-refractivity contribution is -0.224. The number of ether oxygens (including phenoxy) is 2. The summed E-state index contributed by atoms with van der Waals surface area (Å²) in [6, 6.07) is 0.260. The molecule has 1 heterocycles. The van der Waals surface area contributed by atoms with Gasteiger partial charge in [-0.3, -0.25) is 19.3 Å². The van der Waals surface area contributed by atoms with Gasteiger partial charge in [0.25, 0.3) is 0 Å². The van der Waals surface area contributed by atoms with E-state index < -0.39 is 6.10 Å². The number of esters is 2. The molecule has 1 aliphatic heterocycles. The zero-order chi connectivity index (χ0) is 22.8. The summed E-state index contributed by atoms with van der Waals surface area (Å²) in [5.74, 6) is 0.322. The van der Waals surface area contributed by atoms with E-state index in [1.807, 2.05) is 0 Å². The lowest BCUT2D eigenvalue weighted by Crippen LogP contribution is -2.69. The third-order valence-electron chi connectivity index (χ3n) is 10.9. The van der Waals surface area contributed by atoms with Crippen molar-refractivity contribution in [2.45, 2.75) is 78.0 Å². The lowest BCUT2D eigenvalue weighted by atomic mass is 9.43. The molecule has 0 N–H and O–H groups in total. The van der Waals surface area contributed by atoms with E-state index in [1.54, 1.807) is 0 Å². The molecule has 2 spiro atoms. The van der Waals surface area contributed by atoms with Crippen LogP contribution in [0.5, 0.6) is 0 Å². The van der Waals surface area contributed by atoms with Crippen molar-refractivity contribution in [2.75, 3.05) is 13.1 Å². The molecule has 10 atom stereocenters. The van der Waals surface area contributed by atoms with Gasteiger partial charge in [-0.1, -0.05) is 20.4 Å². The third kappa shape index (κ3) is 2.10. The lowest BCUT2D eigenvalue weighted by Gasteiger charge is -2.65. The highest BCUT2D eigenvalue weighted by atomic mass is 16.5. The first-order chi connectivity index (χ1) is 15.1. The maximum atomic E-state index is 13.4. The van der Waals surface area contributed by atoms with Crippen LogP contribution in [0, 0.1) is 39.9 Å². The Bertz CT molecular complexity index is 945. The standard InChI is InChI=1S/C26H35NO5/c1-6-27-12-24(5)8-7-21(31-14(3)28)26-19(24)9-17(22(26)27)25-11-16(18(30)10-20(25)26)13(2)23(25)32-15(4)29/h16-17,19-23H,2,6-12H2,1,3-5H3/t16-,17?,19?,20?,21+,22?,23-,24+,25-,26+/m1/s1. The zero-order valence-electron chi connectivity index (χ0n) is 19.7. The fraction of sp³-hybridized carbons (Fsp3) is 0.808. The van der Waals surface area contributed by atoms with Gasteiger partial charge in [-0.05, 0) is 61.0 Å². The van der Waals surface area contributed by atoms with Crippen molar-refractivity contribution in [3.63, 3.8) is 0 Å². The number of rotatable bonds is 3. The minimum atomic E-state index is -0.405. The van der Waals surface area contributed by atoms with Crippen molar-refractivity contribution < 1.29 is 23.9 Å². The van der Waals surface area contributed by atoms with E-state index in [2.05, 4.69) is 25.3 Å². The van der Waals surface area contributed by atoms with Crippen LogP contribution in [-0.2, 0) is 23.9 Å². The molecule has 4 unspecified atom stereocenters. The Labute approximate surface area is 190 Å². The smallest absolute Gasteiger partial charge is 0.303 e. The molecule has 6 fully saturated rings. The van der Waals surface area contributed by atoms with Crippen molar-refractivity contribution in [3.05, 3.63) is 12.2 Å². The summed E-state index contributed by atoms with van der Waals surface area (Å²) in [5.41, 5.74) is 0.446. The molecule has 6 nitrogen and oxygen atoms in total. The number of hydrogen-bond acceptors (Lipinski definition) is 6. The summed E-state index contributed by atoms with van der Waals surface area (Å²) in [4.78, 5) is 40.5. The molecule has 32 heavy (non-hydrogen) atoms. The number of piperidine rings is 1. The Morgan fingerprint density at radius 1 is 1.19 bits per heavy atom. The molecule has 0 aromatic rings. The first-order valence-electron chi connectivity index (χ1n) is 12.4. The quantitative estimate of drug-likeness (QED) is 0.495. The SMILES string of the molecule is C=C1[C@H]2C[C@]3(C4CC5[C@@]6(C)CC[C@H](OC(C)=O)[C@@]5(C4N(CC)C6)C3CC2=O)[C@@H]1OC(C)=O.